The van der Waals surface area contributed by atoms with Gasteiger partial charge in [0.15, 0.2) is 0 Å². The summed E-state index contributed by atoms with van der Waals surface area (Å²) in [7, 11) is 0. The Bertz CT molecular complexity index is 410. The fourth-order valence-electron chi connectivity index (χ4n) is 3.34. The summed E-state index contributed by atoms with van der Waals surface area (Å²) in [5.74, 6) is 1.25. The van der Waals surface area contributed by atoms with Crippen LogP contribution in [0.2, 0.25) is 0 Å². The molecule has 0 saturated heterocycles. The Morgan fingerprint density at radius 3 is 2.79 bits per heavy atom. The number of nitrogens with one attached hydrogen (secondary N) is 1. The van der Waals surface area contributed by atoms with E-state index >= 15 is 0 Å². The summed E-state index contributed by atoms with van der Waals surface area (Å²) in [5, 5.41) is 3.70. The van der Waals surface area contributed by atoms with Crippen LogP contribution < -0.4 is 5.32 Å². The van der Waals surface area contributed by atoms with Gasteiger partial charge in [-0.3, -0.25) is 0 Å². The maximum atomic E-state index is 3.70. The molecule has 0 aliphatic heterocycles. The van der Waals surface area contributed by atoms with Crippen molar-refractivity contribution in [1.29, 1.82) is 0 Å². The number of aryl methyl sites for hydroxylation is 2. The fraction of sp³-hybridized carbons (Fsp3) is 0.647. The number of thioether (sulfide) groups is 1. The molecule has 1 N–H and O–H groups in total. The van der Waals surface area contributed by atoms with Crippen LogP contribution in [0.1, 0.15) is 49.7 Å². The zero-order valence-corrected chi connectivity index (χ0v) is 12.6. The number of rotatable bonds is 6. The smallest absolute Gasteiger partial charge is 0.00748 e. The van der Waals surface area contributed by atoms with E-state index in [4.69, 9.17) is 0 Å². The van der Waals surface area contributed by atoms with Gasteiger partial charge in [0, 0.05) is 10.9 Å². The van der Waals surface area contributed by atoms with E-state index in [0.29, 0.717) is 0 Å². The molecule has 0 bridgehead atoms. The van der Waals surface area contributed by atoms with Crippen LogP contribution in [0.4, 0.5) is 0 Å². The van der Waals surface area contributed by atoms with Crippen LogP contribution in [-0.4, -0.2) is 18.3 Å². The molecule has 0 heterocycles. The first kappa shape index (κ1) is 13.5. The minimum Gasteiger partial charge on any atom is -0.314 e. The maximum absolute atomic E-state index is 3.70. The SMILES string of the molecule is c1cc2c(cc1SCCCNC1CCCC1)CCC2. The van der Waals surface area contributed by atoms with Gasteiger partial charge in [0.1, 0.15) is 0 Å². The summed E-state index contributed by atoms with van der Waals surface area (Å²) in [5.41, 5.74) is 3.20. The Kier molecular flexibility index (Phi) is 4.84. The largest absolute Gasteiger partial charge is 0.314 e. The Morgan fingerprint density at radius 2 is 1.89 bits per heavy atom. The van der Waals surface area contributed by atoms with Gasteiger partial charge in [0.25, 0.3) is 0 Å². The molecule has 0 radical (unpaired) electrons. The number of benzene rings is 1. The molecule has 1 aromatic rings. The average Bonchev–Trinajstić information content (AvgIpc) is 3.08. The van der Waals surface area contributed by atoms with Gasteiger partial charge >= 0.3 is 0 Å². The third kappa shape index (κ3) is 3.76. The lowest BCUT2D eigenvalue weighted by molar-refractivity contribution is 0.525. The lowest BCUT2D eigenvalue weighted by Crippen LogP contribution is -2.27. The molecule has 0 amide bonds. The number of hydrogen-bond donors (Lipinski definition) is 1. The summed E-state index contributed by atoms with van der Waals surface area (Å²) in [6.07, 6.45) is 10.9. The molecular formula is C17H25NS. The van der Waals surface area contributed by atoms with Crippen molar-refractivity contribution in [2.24, 2.45) is 0 Å². The van der Waals surface area contributed by atoms with E-state index in [1.54, 1.807) is 11.1 Å². The molecule has 0 atom stereocenters. The summed E-state index contributed by atoms with van der Waals surface area (Å²) in [4.78, 5) is 1.47. The molecule has 2 heteroatoms. The molecule has 2 aliphatic rings. The normalized spacial score (nSPS) is 18.9. The molecule has 2 aliphatic carbocycles. The van der Waals surface area contributed by atoms with Gasteiger partial charge in [-0.25, -0.2) is 0 Å². The van der Waals surface area contributed by atoms with E-state index in [1.165, 1.54) is 68.6 Å². The zero-order valence-electron chi connectivity index (χ0n) is 11.8. The van der Waals surface area contributed by atoms with E-state index in [1.807, 2.05) is 11.8 Å². The molecular weight excluding hydrogens is 250 g/mol. The van der Waals surface area contributed by atoms with Crippen LogP contribution in [0, 0.1) is 0 Å². The Morgan fingerprint density at radius 1 is 1.05 bits per heavy atom. The van der Waals surface area contributed by atoms with Crippen molar-refractivity contribution < 1.29 is 0 Å². The summed E-state index contributed by atoms with van der Waals surface area (Å²) < 4.78 is 0. The number of hydrogen-bond acceptors (Lipinski definition) is 2. The molecule has 0 aromatic heterocycles. The van der Waals surface area contributed by atoms with Crippen molar-refractivity contribution in [1.82, 2.24) is 5.32 Å². The van der Waals surface area contributed by atoms with E-state index in [9.17, 15) is 0 Å². The minimum atomic E-state index is 0.824. The van der Waals surface area contributed by atoms with Crippen LogP contribution in [0.15, 0.2) is 23.1 Å². The highest BCUT2D eigenvalue weighted by Crippen LogP contribution is 2.27. The predicted molar refractivity (Wildman–Crippen MR) is 84.1 cm³/mol. The Labute approximate surface area is 121 Å². The first-order valence-electron chi connectivity index (χ1n) is 7.90. The van der Waals surface area contributed by atoms with Crippen molar-refractivity contribution in [2.45, 2.75) is 62.3 Å². The van der Waals surface area contributed by atoms with Crippen molar-refractivity contribution in [3.8, 4) is 0 Å². The Balaban J connectivity index is 1.35. The Hall–Kier alpha value is -0.470. The maximum Gasteiger partial charge on any atom is 0.00748 e. The highest BCUT2D eigenvalue weighted by atomic mass is 32.2. The average molecular weight is 275 g/mol. The van der Waals surface area contributed by atoms with Gasteiger partial charge in [0.05, 0.1) is 0 Å². The van der Waals surface area contributed by atoms with Gasteiger partial charge in [-0.1, -0.05) is 18.9 Å². The van der Waals surface area contributed by atoms with Crippen LogP contribution >= 0.6 is 11.8 Å². The fourth-order valence-corrected chi connectivity index (χ4v) is 4.25. The van der Waals surface area contributed by atoms with E-state index < -0.39 is 0 Å². The minimum absolute atomic E-state index is 0.824. The second-order valence-electron chi connectivity index (χ2n) is 5.92. The quantitative estimate of drug-likeness (QED) is 0.617. The topological polar surface area (TPSA) is 12.0 Å². The second kappa shape index (κ2) is 6.81. The van der Waals surface area contributed by atoms with Crippen molar-refractivity contribution in [2.75, 3.05) is 12.3 Å². The van der Waals surface area contributed by atoms with Crippen molar-refractivity contribution >= 4 is 11.8 Å². The molecule has 3 rings (SSSR count). The summed E-state index contributed by atoms with van der Waals surface area (Å²) in [6, 6.07) is 7.92. The van der Waals surface area contributed by atoms with E-state index in [-0.39, 0.29) is 0 Å². The molecule has 1 aromatic carbocycles. The van der Waals surface area contributed by atoms with Gasteiger partial charge in [-0.15, -0.1) is 11.8 Å². The second-order valence-corrected chi connectivity index (χ2v) is 7.09. The zero-order chi connectivity index (χ0) is 12.9. The lowest BCUT2D eigenvalue weighted by Gasteiger charge is -2.11. The van der Waals surface area contributed by atoms with Crippen molar-refractivity contribution in [3.63, 3.8) is 0 Å². The molecule has 1 saturated carbocycles. The first-order chi connectivity index (χ1) is 9.42. The van der Waals surface area contributed by atoms with Crippen LogP contribution in [-0.2, 0) is 12.8 Å². The summed E-state index contributed by atoms with van der Waals surface area (Å²) in [6.45, 7) is 1.20. The third-order valence-corrected chi connectivity index (χ3v) is 5.53. The van der Waals surface area contributed by atoms with E-state index in [0.717, 1.165) is 6.04 Å². The molecule has 19 heavy (non-hydrogen) atoms. The highest BCUT2D eigenvalue weighted by Gasteiger charge is 2.13. The molecule has 0 unspecified atom stereocenters. The van der Waals surface area contributed by atoms with Crippen LogP contribution in [0.3, 0.4) is 0 Å². The van der Waals surface area contributed by atoms with Gasteiger partial charge < -0.3 is 5.32 Å². The van der Waals surface area contributed by atoms with Gasteiger partial charge in [0.2, 0.25) is 0 Å². The van der Waals surface area contributed by atoms with Gasteiger partial charge in [-0.2, -0.15) is 0 Å². The lowest BCUT2D eigenvalue weighted by atomic mass is 10.1. The highest BCUT2D eigenvalue weighted by molar-refractivity contribution is 7.99. The van der Waals surface area contributed by atoms with Gasteiger partial charge in [-0.05, 0) is 74.1 Å². The third-order valence-electron chi connectivity index (χ3n) is 4.45. The molecule has 1 nitrogen and oxygen atoms in total. The number of fused-ring (bicyclic) bond motifs is 1. The van der Waals surface area contributed by atoms with E-state index in [2.05, 4.69) is 23.5 Å². The van der Waals surface area contributed by atoms with Crippen LogP contribution in [0.25, 0.3) is 0 Å². The monoisotopic (exact) mass is 275 g/mol. The molecule has 1 fully saturated rings. The standard InChI is InChI=1S/C17H25NS/c1-2-8-16(7-1)18-11-4-12-19-17-10-9-14-5-3-6-15(14)13-17/h9-10,13,16,18H,1-8,11-12H2. The summed E-state index contributed by atoms with van der Waals surface area (Å²) >= 11 is 2.03. The van der Waals surface area contributed by atoms with Crippen molar-refractivity contribution in [3.05, 3.63) is 29.3 Å². The predicted octanol–water partition coefficient (Wildman–Crippen LogP) is 4.19. The molecule has 104 valence electrons. The van der Waals surface area contributed by atoms with Crippen LogP contribution in [0.5, 0.6) is 0 Å². The molecule has 0 spiro atoms. The first-order valence-corrected chi connectivity index (χ1v) is 8.88.